The number of carbonyl (C=O) groups is 3. The predicted molar refractivity (Wildman–Crippen MR) is 127 cm³/mol. The number of likely N-dealkylation sites (N-methyl/N-ethyl adjacent to an activating group) is 1. The minimum atomic E-state index is -0.470. The third-order valence-corrected chi connectivity index (χ3v) is 7.74. The van der Waals surface area contributed by atoms with Crippen LogP contribution in [-0.2, 0) is 32.6 Å². The third kappa shape index (κ3) is 3.66. The van der Waals surface area contributed by atoms with Crippen LogP contribution in [0.3, 0.4) is 0 Å². The molecule has 2 aromatic carbocycles. The van der Waals surface area contributed by atoms with E-state index in [1.54, 1.807) is 23.9 Å². The quantitative estimate of drug-likeness (QED) is 0.726. The average molecular weight is 446 g/mol. The smallest absolute Gasteiger partial charge is 0.245 e. The predicted octanol–water partition coefficient (Wildman–Crippen LogP) is 2.58. The van der Waals surface area contributed by atoms with Crippen LogP contribution >= 0.6 is 0 Å². The Morgan fingerprint density at radius 1 is 1.00 bits per heavy atom. The highest BCUT2D eigenvalue weighted by Gasteiger charge is 2.47. The Labute approximate surface area is 195 Å². The van der Waals surface area contributed by atoms with Crippen molar-refractivity contribution in [1.29, 1.82) is 0 Å². The first kappa shape index (κ1) is 21.8. The summed E-state index contributed by atoms with van der Waals surface area (Å²) in [6, 6.07) is 15.6. The number of nitrogens with zero attached hydrogens (tertiary/aromatic N) is 3. The maximum atomic E-state index is 13.3. The van der Waals surface area contributed by atoms with Crippen molar-refractivity contribution in [1.82, 2.24) is 9.80 Å². The number of piperidine rings is 1. The van der Waals surface area contributed by atoms with Crippen LogP contribution < -0.4 is 4.90 Å². The molecule has 2 heterocycles. The van der Waals surface area contributed by atoms with Crippen LogP contribution in [0.4, 0.5) is 5.69 Å². The lowest BCUT2D eigenvalue weighted by molar-refractivity contribution is -0.132. The Hall–Kier alpha value is -2.99. The summed E-state index contributed by atoms with van der Waals surface area (Å²) >= 11 is 0. The molecule has 0 saturated carbocycles. The molecule has 2 amide bonds. The van der Waals surface area contributed by atoms with E-state index in [9.17, 15) is 14.4 Å². The van der Waals surface area contributed by atoms with E-state index < -0.39 is 6.04 Å². The van der Waals surface area contributed by atoms with Gasteiger partial charge in [0.25, 0.3) is 0 Å². The Morgan fingerprint density at radius 3 is 2.39 bits per heavy atom. The van der Waals surface area contributed by atoms with Gasteiger partial charge in [0.15, 0.2) is 0 Å². The highest BCUT2D eigenvalue weighted by atomic mass is 16.2. The lowest BCUT2D eigenvalue weighted by Gasteiger charge is -2.39. The zero-order valence-corrected chi connectivity index (χ0v) is 19.4. The monoisotopic (exact) mass is 445 g/mol. The number of para-hydroxylation sites is 1. The molecule has 5 rings (SSSR count). The molecule has 0 unspecified atom stereocenters. The molecule has 0 radical (unpaired) electrons. The summed E-state index contributed by atoms with van der Waals surface area (Å²) in [4.78, 5) is 44.6. The molecule has 6 heteroatoms. The molecule has 0 N–H and O–H groups in total. The highest BCUT2D eigenvalue weighted by molar-refractivity contribution is 6.03. The first-order valence-corrected chi connectivity index (χ1v) is 11.9. The van der Waals surface area contributed by atoms with E-state index in [0.29, 0.717) is 31.6 Å². The second-order valence-electron chi connectivity index (χ2n) is 9.78. The number of likely N-dealkylation sites (tertiary alicyclic amines) is 1. The second kappa shape index (κ2) is 8.41. The minimum absolute atomic E-state index is 0.0114. The number of rotatable bonds is 4. The van der Waals surface area contributed by atoms with Crippen molar-refractivity contribution in [3.63, 3.8) is 0 Å². The molecule has 0 aromatic heterocycles. The van der Waals surface area contributed by atoms with Gasteiger partial charge >= 0.3 is 0 Å². The molecule has 2 aromatic rings. The number of hydrogen-bond acceptors (Lipinski definition) is 4. The van der Waals surface area contributed by atoms with Crippen LogP contribution in [0.5, 0.6) is 0 Å². The van der Waals surface area contributed by atoms with Gasteiger partial charge in [0.1, 0.15) is 11.8 Å². The summed E-state index contributed by atoms with van der Waals surface area (Å²) < 4.78 is 0. The van der Waals surface area contributed by atoms with E-state index in [0.717, 1.165) is 37.2 Å². The van der Waals surface area contributed by atoms with Crippen LogP contribution in [0.2, 0.25) is 0 Å². The standard InChI is InChI=1S/C27H31N3O3/c1-28(2)26(33)23-17-20-8-4-6-10-22(20)30(23)25(32)11-14-29-15-12-27(13-16-29)21-9-5-3-7-19(21)18-24(27)31/h3-10,23H,11-18H2,1-2H3/t23-/m0/s1. The Balaban J connectivity index is 1.25. The van der Waals surface area contributed by atoms with Crippen molar-refractivity contribution in [2.24, 2.45) is 0 Å². The number of Topliss-reactive ketones (excluding diaryl/α,β-unsaturated/α-hetero) is 1. The summed E-state index contributed by atoms with van der Waals surface area (Å²) in [6.45, 7) is 2.26. The van der Waals surface area contributed by atoms with Gasteiger partial charge in [0.2, 0.25) is 11.8 Å². The van der Waals surface area contributed by atoms with Crippen molar-refractivity contribution >= 4 is 23.3 Å². The fourth-order valence-corrected chi connectivity index (χ4v) is 5.90. The molecular formula is C27H31N3O3. The van der Waals surface area contributed by atoms with Gasteiger partial charge in [-0.15, -0.1) is 0 Å². The van der Waals surface area contributed by atoms with E-state index in [2.05, 4.69) is 17.0 Å². The largest absolute Gasteiger partial charge is 0.347 e. The molecule has 33 heavy (non-hydrogen) atoms. The first-order valence-electron chi connectivity index (χ1n) is 11.9. The second-order valence-corrected chi connectivity index (χ2v) is 9.78. The van der Waals surface area contributed by atoms with Crippen molar-refractivity contribution in [2.75, 3.05) is 38.6 Å². The molecule has 3 aliphatic rings. The van der Waals surface area contributed by atoms with E-state index >= 15 is 0 Å². The summed E-state index contributed by atoms with van der Waals surface area (Å²) in [5, 5.41) is 0. The number of amides is 2. The van der Waals surface area contributed by atoms with E-state index in [1.165, 1.54) is 11.1 Å². The topological polar surface area (TPSA) is 60.9 Å². The SMILES string of the molecule is CN(C)C(=O)[C@@H]1Cc2ccccc2N1C(=O)CCN1CCC2(CC1)C(=O)Cc1ccccc12. The van der Waals surface area contributed by atoms with Gasteiger partial charge in [0, 0.05) is 45.6 Å². The van der Waals surface area contributed by atoms with E-state index in [1.807, 2.05) is 36.4 Å². The Kier molecular flexibility index (Phi) is 5.57. The molecule has 172 valence electrons. The minimum Gasteiger partial charge on any atom is -0.347 e. The van der Waals surface area contributed by atoms with Crippen molar-refractivity contribution in [2.45, 2.75) is 43.6 Å². The van der Waals surface area contributed by atoms with E-state index in [-0.39, 0.29) is 17.2 Å². The number of benzene rings is 2. The lowest BCUT2D eigenvalue weighted by Crippen LogP contribution is -2.49. The van der Waals surface area contributed by atoms with Crippen LogP contribution in [0.1, 0.15) is 36.0 Å². The van der Waals surface area contributed by atoms with Gasteiger partial charge in [-0.25, -0.2) is 0 Å². The van der Waals surface area contributed by atoms with Gasteiger partial charge in [-0.2, -0.15) is 0 Å². The van der Waals surface area contributed by atoms with Crippen LogP contribution in [-0.4, -0.2) is 67.2 Å². The summed E-state index contributed by atoms with van der Waals surface area (Å²) in [5.74, 6) is 0.291. The zero-order valence-electron chi connectivity index (χ0n) is 19.4. The van der Waals surface area contributed by atoms with Crippen molar-refractivity contribution in [3.05, 3.63) is 65.2 Å². The lowest BCUT2D eigenvalue weighted by atomic mass is 9.73. The molecule has 1 saturated heterocycles. The highest BCUT2D eigenvalue weighted by Crippen LogP contribution is 2.44. The molecule has 1 spiro atoms. The van der Waals surface area contributed by atoms with Crippen LogP contribution in [0, 0.1) is 0 Å². The molecule has 1 aliphatic carbocycles. The number of hydrogen-bond donors (Lipinski definition) is 0. The molecule has 1 fully saturated rings. The third-order valence-electron chi connectivity index (χ3n) is 7.74. The van der Waals surface area contributed by atoms with Gasteiger partial charge in [0.05, 0.1) is 5.41 Å². The maximum absolute atomic E-state index is 13.3. The summed E-state index contributed by atoms with van der Waals surface area (Å²) in [6.07, 6.45) is 3.09. The zero-order chi connectivity index (χ0) is 23.2. The van der Waals surface area contributed by atoms with Crippen LogP contribution in [0.25, 0.3) is 0 Å². The number of carbonyl (C=O) groups excluding carboxylic acids is 3. The van der Waals surface area contributed by atoms with Crippen molar-refractivity contribution in [3.8, 4) is 0 Å². The molecule has 0 bridgehead atoms. The fourth-order valence-electron chi connectivity index (χ4n) is 5.90. The van der Waals surface area contributed by atoms with Gasteiger partial charge < -0.3 is 9.80 Å². The molecule has 6 nitrogen and oxygen atoms in total. The molecular weight excluding hydrogens is 414 g/mol. The van der Waals surface area contributed by atoms with Gasteiger partial charge in [-0.05, 0) is 48.7 Å². The van der Waals surface area contributed by atoms with Gasteiger partial charge in [-0.1, -0.05) is 42.5 Å². The number of ketones is 1. The average Bonchev–Trinajstić information content (AvgIpc) is 3.34. The summed E-state index contributed by atoms with van der Waals surface area (Å²) in [7, 11) is 3.47. The maximum Gasteiger partial charge on any atom is 0.245 e. The molecule has 1 atom stereocenters. The Bertz CT molecular complexity index is 1100. The fraction of sp³-hybridized carbons (Fsp3) is 0.444. The van der Waals surface area contributed by atoms with E-state index in [4.69, 9.17) is 0 Å². The molecule has 2 aliphatic heterocycles. The Morgan fingerprint density at radius 2 is 1.67 bits per heavy atom. The normalized spacial score (nSPS) is 21.2. The van der Waals surface area contributed by atoms with Crippen LogP contribution in [0.15, 0.2) is 48.5 Å². The number of fused-ring (bicyclic) bond motifs is 3. The van der Waals surface area contributed by atoms with Crippen molar-refractivity contribution < 1.29 is 14.4 Å². The number of anilines is 1. The summed E-state index contributed by atoms with van der Waals surface area (Å²) in [5.41, 5.74) is 3.95. The first-order chi connectivity index (χ1) is 15.9. The van der Waals surface area contributed by atoms with Gasteiger partial charge in [-0.3, -0.25) is 19.3 Å².